The molecule has 0 atom stereocenters. The fraction of sp³-hybridized carbons (Fsp3) is 0.235. The van der Waals surface area contributed by atoms with Crippen molar-refractivity contribution in [3.8, 4) is 11.5 Å². The third kappa shape index (κ3) is 4.88. The van der Waals surface area contributed by atoms with Gasteiger partial charge in [-0.3, -0.25) is 0 Å². The molecular formula is C17H19FN2O3. The zero-order chi connectivity index (χ0) is 17.0. The molecule has 0 saturated carbocycles. The molecular weight excluding hydrogens is 299 g/mol. The van der Waals surface area contributed by atoms with Gasteiger partial charge in [0.1, 0.15) is 22.9 Å². The van der Waals surface area contributed by atoms with Crippen LogP contribution in [-0.4, -0.2) is 11.7 Å². The number of carbonyl (C=O) groups excluding carboxylic acids is 1. The first-order valence-corrected chi connectivity index (χ1v) is 7.05. The van der Waals surface area contributed by atoms with E-state index >= 15 is 0 Å². The summed E-state index contributed by atoms with van der Waals surface area (Å²) in [5.41, 5.74) is 10.7. The van der Waals surface area contributed by atoms with E-state index in [2.05, 4.69) is 0 Å². The van der Waals surface area contributed by atoms with Gasteiger partial charge in [-0.25, -0.2) is 9.18 Å². The van der Waals surface area contributed by atoms with E-state index in [0.29, 0.717) is 22.7 Å². The molecule has 0 aliphatic rings. The van der Waals surface area contributed by atoms with Crippen LogP contribution in [0.4, 0.5) is 14.9 Å². The van der Waals surface area contributed by atoms with E-state index in [4.69, 9.17) is 20.9 Å². The molecule has 122 valence electrons. The van der Waals surface area contributed by atoms with Crippen molar-refractivity contribution in [2.75, 3.05) is 5.73 Å². The summed E-state index contributed by atoms with van der Waals surface area (Å²) < 4.78 is 24.7. The second kappa shape index (κ2) is 6.56. The maximum atomic E-state index is 14.2. The molecule has 23 heavy (non-hydrogen) atoms. The maximum absolute atomic E-state index is 14.2. The average molecular weight is 318 g/mol. The Kier molecular flexibility index (Phi) is 4.74. The molecule has 0 aromatic heterocycles. The molecule has 0 aliphatic carbocycles. The molecule has 0 bridgehead atoms. The Hall–Kier alpha value is -2.76. The smallest absolute Gasteiger partial charge is 0.405 e. The van der Waals surface area contributed by atoms with Crippen molar-refractivity contribution in [1.82, 2.24) is 0 Å². The van der Waals surface area contributed by atoms with Gasteiger partial charge in [-0.1, -0.05) is 6.07 Å². The van der Waals surface area contributed by atoms with Crippen LogP contribution in [0.15, 0.2) is 42.5 Å². The van der Waals surface area contributed by atoms with Crippen molar-refractivity contribution in [2.24, 2.45) is 5.73 Å². The van der Waals surface area contributed by atoms with Gasteiger partial charge in [0.2, 0.25) is 0 Å². The Bertz CT molecular complexity index is 699. The molecule has 5 nitrogen and oxygen atoms in total. The van der Waals surface area contributed by atoms with Crippen LogP contribution >= 0.6 is 0 Å². The van der Waals surface area contributed by atoms with Crippen molar-refractivity contribution < 1.29 is 18.7 Å². The zero-order valence-corrected chi connectivity index (χ0v) is 13.0. The Morgan fingerprint density at radius 2 is 1.74 bits per heavy atom. The minimum Gasteiger partial charge on any atom is -0.457 e. The number of primary amides is 1. The lowest BCUT2D eigenvalue weighted by Gasteiger charge is -2.24. The fourth-order valence-corrected chi connectivity index (χ4v) is 2.17. The molecule has 2 aromatic carbocycles. The Balaban J connectivity index is 2.11. The molecule has 0 aliphatic heterocycles. The highest BCUT2D eigenvalue weighted by molar-refractivity contribution is 5.65. The van der Waals surface area contributed by atoms with Crippen LogP contribution in [-0.2, 0) is 11.2 Å². The summed E-state index contributed by atoms with van der Waals surface area (Å²) in [5, 5.41) is 0. The van der Waals surface area contributed by atoms with Crippen molar-refractivity contribution in [1.29, 1.82) is 0 Å². The number of anilines is 1. The van der Waals surface area contributed by atoms with E-state index in [1.165, 1.54) is 6.07 Å². The van der Waals surface area contributed by atoms with Crippen LogP contribution in [0.3, 0.4) is 0 Å². The van der Waals surface area contributed by atoms with Gasteiger partial charge < -0.3 is 20.9 Å². The molecule has 0 heterocycles. The molecule has 0 fully saturated rings. The minimum absolute atomic E-state index is 0.198. The summed E-state index contributed by atoms with van der Waals surface area (Å²) in [4.78, 5) is 10.8. The molecule has 4 N–H and O–H groups in total. The minimum atomic E-state index is -0.897. The van der Waals surface area contributed by atoms with Gasteiger partial charge in [0.15, 0.2) is 0 Å². The molecule has 0 spiro atoms. The highest BCUT2D eigenvalue weighted by Gasteiger charge is 2.24. The van der Waals surface area contributed by atoms with Gasteiger partial charge in [0.25, 0.3) is 0 Å². The lowest BCUT2D eigenvalue weighted by Crippen LogP contribution is -2.33. The maximum Gasteiger partial charge on any atom is 0.405 e. The highest BCUT2D eigenvalue weighted by Crippen LogP contribution is 2.26. The number of nitrogens with two attached hydrogens (primary N) is 2. The van der Waals surface area contributed by atoms with Gasteiger partial charge in [0.05, 0.1) is 0 Å². The Morgan fingerprint density at radius 1 is 1.13 bits per heavy atom. The van der Waals surface area contributed by atoms with Crippen LogP contribution in [0, 0.1) is 5.82 Å². The Labute approximate surface area is 134 Å². The highest BCUT2D eigenvalue weighted by atomic mass is 19.1. The van der Waals surface area contributed by atoms with E-state index in [1.54, 1.807) is 50.2 Å². The fourth-order valence-electron chi connectivity index (χ4n) is 2.17. The van der Waals surface area contributed by atoms with Crippen molar-refractivity contribution in [3.63, 3.8) is 0 Å². The molecule has 2 aromatic rings. The number of benzene rings is 2. The van der Waals surface area contributed by atoms with E-state index < -0.39 is 17.5 Å². The first kappa shape index (κ1) is 16.6. The van der Waals surface area contributed by atoms with Crippen LogP contribution in [0.25, 0.3) is 0 Å². The van der Waals surface area contributed by atoms with E-state index in [1.807, 2.05) is 0 Å². The first-order valence-electron chi connectivity index (χ1n) is 7.05. The summed E-state index contributed by atoms with van der Waals surface area (Å²) in [6.45, 7) is 3.33. The number of halogens is 1. The molecule has 0 saturated heterocycles. The largest absolute Gasteiger partial charge is 0.457 e. The quantitative estimate of drug-likeness (QED) is 0.824. The molecule has 1 amide bonds. The third-order valence-corrected chi connectivity index (χ3v) is 3.13. The van der Waals surface area contributed by atoms with Crippen LogP contribution < -0.4 is 16.2 Å². The number of amides is 1. The predicted molar refractivity (Wildman–Crippen MR) is 85.8 cm³/mol. The number of carbonyl (C=O) groups is 1. The van der Waals surface area contributed by atoms with Gasteiger partial charge in [0, 0.05) is 18.2 Å². The van der Waals surface area contributed by atoms with Crippen LogP contribution in [0.5, 0.6) is 11.5 Å². The summed E-state index contributed by atoms with van der Waals surface area (Å²) in [5.74, 6) is 0.479. The number of hydrogen-bond acceptors (Lipinski definition) is 4. The van der Waals surface area contributed by atoms with Crippen LogP contribution in [0.2, 0.25) is 0 Å². The normalized spacial score (nSPS) is 11.1. The molecule has 6 heteroatoms. The topological polar surface area (TPSA) is 87.6 Å². The summed E-state index contributed by atoms with van der Waals surface area (Å²) in [7, 11) is 0. The van der Waals surface area contributed by atoms with Crippen LogP contribution in [0.1, 0.15) is 19.4 Å². The summed E-state index contributed by atoms with van der Waals surface area (Å²) >= 11 is 0. The van der Waals surface area contributed by atoms with Crippen molar-refractivity contribution in [2.45, 2.75) is 25.9 Å². The van der Waals surface area contributed by atoms with Crippen molar-refractivity contribution >= 4 is 11.8 Å². The number of rotatable bonds is 5. The van der Waals surface area contributed by atoms with Gasteiger partial charge >= 0.3 is 6.09 Å². The second-order valence-corrected chi connectivity index (χ2v) is 5.78. The number of hydrogen-bond donors (Lipinski definition) is 2. The standard InChI is InChI=1S/C17H19FN2O3/c1-17(2,23-16(20)21)10-11-3-6-14(9-15(11)18)22-13-7-4-12(19)5-8-13/h3-9H,10,19H2,1-2H3,(H2,20,21). The van der Waals surface area contributed by atoms with E-state index in [-0.39, 0.29) is 6.42 Å². The predicted octanol–water partition coefficient (Wildman–Crippen LogP) is 3.62. The summed E-state index contributed by atoms with van der Waals surface area (Å²) in [6, 6.07) is 11.3. The first-order chi connectivity index (χ1) is 10.7. The monoisotopic (exact) mass is 318 g/mol. The SMILES string of the molecule is CC(C)(Cc1ccc(Oc2ccc(N)cc2)cc1F)OC(N)=O. The lowest BCUT2D eigenvalue weighted by atomic mass is 9.98. The zero-order valence-electron chi connectivity index (χ0n) is 13.0. The second-order valence-electron chi connectivity index (χ2n) is 5.78. The van der Waals surface area contributed by atoms with Gasteiger partial charge in [-0.2, -0.15) is 0 Å². The van der Waals surface area contributed by atoms with E-state index in [9.17, 15) is 9.18 Å². The van der Waals surface area contributed by atoms with E-state index in [0.717, 1.165) is 0 Å². The van der Waals surface area contributed by atoms with Gasteiger partial charge in [-0.05, 0) is 49.7 Å². The average Bonchev–Trinajstić information content (AvgIpc) is 2.43. The Morgan fingerprint density at radius 3 is 2.30 bits per heavy atom. The third-order valence-electron chi connectivity index (χ3n) is 3.13. The lowest BCUT2D eigenvalue weighted by molar-refractivity contribution is 0.0454. The van der Waals surface area contributed by atoms with Crippen molar-refractivity contribution in [3.05, 3.63) is 53.8 Å². The molecule has 0 unspecified atom stereocenters. The number of ether oxygens (including phenoxy) is 2. The summed E-state index contributed by atoms with van der Waals surface area (Å²) in [6.07, 6.45) is -0.692. The molecule has 0 radical (unpaired) electrons. The van der Waals surface area contributed by atoms with Gasteiger partial charge in [-0.15, -0.1) is 0 Å². The molecule has 2 rings (SSSR count). The number of nitrogen functional groups attached to an aromatic ring is 1.